The summed E-state index contributed by atoms with van der Waals surface area (Å²) in [5, 5.41) is 3.90. The molecule has 0 atom stereocenters. The van der Waals surface area contributed by atoms with Gasteiger partial charge in [-0.2, -0.15) is 0 Å². The van der Waals surface area contributed by atoms with Gasteiger partial charge in [-0.15, -0.1) is 0 Å². The zero-order chi connectivity index (χ0) is 21.8. The standard InChI is InChI=1S/C21H23N5O4S/c1-16-14-19(30-23-16)15-25-10-12-26(13-11-25)21(27)17-2-4-20(5-3-17)31(28,29)24-18-6-8-22-9-7-18/h2-9,14H,10-13,15H2,1H3,(H,22,24). The lowest BCUT2D eigenvalue weighted by Crippen LogP contribution is -2.48. The smallest absolute Gasteiger partial charge is 0.261 e. The van der Waals surface area contributed by atoms with Crippen molar-refractivity contribution < 1.29 is 17.7 Å². The van der Waals surface area contributed by atoms with E-state index in [0.717, 1.165) is 24.5 Å². The Morgan fingerprint density at radius 2 is 1.74 bits per heavy atom. The van der Waals surface area contributed by atoms with Crippen LogP contribution in [0.5, 0.6) is 0 Å². The fraction of sp³-hybridized carbons (Fsp3) is 0.286. The molecular formula is C21H23N5O4S. The summed E-state index contributed by atoms with van der Waals surface area (Å²) in [6, 6.07) is 11.0. The zero-order valence-corrected chi connectivity index (χ0v) is 17.9. The van der Waals surface area contributed by atoms with Gasteiger partial charge in [0.15, 0.2) is 5.76 Å². The van der Waals surface area contributed by atoms with E-state index in [0.29, 0.717) is 30.9 Å². The average molecular weight is 442 g/mol. The number of carbonyl (C=O) groups excluding carboxylic acids is 1. The van der Waals surface area contributed by atoms with Gasteiger partial charge in [0.25, 0.3) is 15.9 Å². The second-order valence-electron chi connectivity index (χ2n) is 7.37. The van der Waals surface area contributed by atoms with Crippen molar-refractivity contribution in [2.45, 2.75) is 18.4 Å². The number of hydrogen-bond acceptors (Lipinski definition) is 7. The van der Waals surface area contributed by atoms with Crippen LogP contribution in [0.15, 0.2) is 64.3 Å². The molecule has 31 heavy (non-hydrogen) atoms. The minimum atomic E-state index is -3.74. The Bertz CT molecular complexity index is 1140. The van der Waals surface area contributed by atoms with Crippen molar-refractivity contribution in [3.8, 4) is 0 Å². The Labute approximate surface area is 180 Å². The lowest BCUT2D eigenvalue weighted by molar-refractivity contribution is 0.0617. The molecule has 162 valence electrons. The van der Waals surface area contributed by atoms with Gasteiger partial charge in [0.05, 0.1) is 22.8 Å². The van der Waals surface area contributed by atoms with Crippen LogP contribution in [0.2, 0.25) is 0 Å². The number of nitrogens with zero attached hydrogens (tertiary/aromatic N) is 4. The SMILES string of the molecule is Cc1cc(CN2CCN(C(=O)c3ccc(S(=O)(=O)Nc4ccncc4)cc3)CC2)on1. The quantitative estimate of drug-likeness (QED) is 0.624. The number of amides is 1. The lowest BCUT2D eigenvalue weighted by Gasteiger charge is -2.34. The van der Waals surface area contributed by atoms with Crippen LogP contribution >= 0.6 is 0 Å². The van der Waals surface area contributed by atoms with Crippen LogP contribution in [-0.4, -0.2) is 60.4 Å². The summed E-state index contributed by atoms with van der Waals surface area (Å²) in [5.74, 6) is 0.704. The van der Waals surface area contributed by atoms with Crippen molar-refractivity contribution in [1.29, 1.82) is 0 Å². The summed E-state index contributed by atoms with van der Waals surface area (Å²) < 4.78 is 32.8. The molecule has 0 unspecified atom stereocenters. The van der Waals surface area contributed by atoms with Gasteiger partial charge in [-0.3, -0.25) is 19.4 Å². The molecule has 2 aromatic heterocycles. The largest absolute Gasteiger partial charge is 0.360 e. The predicted octanol–water partition coefficient (Wildman–Crippen LogP) is 2.14. The van der Waals surface area contributed by atoms with Gasteiger partial charge in [-0.05, 0) is 43.3 Å². The lowest BCUT2D eigenvalue weighted by atomic mass is 10.2. The number of aryl methyl sites for hydroxylation is 1. The molecule has 10 heteroatoms. The van der Waals surface area contributed by atoms with Crippen molar-refractivity contribution in [3.05, 3.63) is 71.9 Å². The third kappa shape index (κ3) is 5.09. The Morgan fingerprint density at radius 3 is 2.35 bits per heavy atom. The summed E-state index contributed by atoms with van der Waals surface area (Å²) in [6.45, 7) is 5.20. The number of sulfonamides is 1. The van der Waals surface area contributed by atoms with Crippen molar-refractivity contribution in [2.24, 2.45) is 0 Å². The number of anilines is 1. The summed E-state index contributed by atoms with van der Waals surface area (Å²) in [6.07, 6.45) is 3.01. The second-order valence-corrected chi connectivity index (χ2v) is 9.05. The Kier molecular flexibility index (Phi) is 6.01. The number of nitrogens with one attached hydrogen (secondary N) is 1. The van der Waals surface area contributed by atoms with Crippen LogP contribution in [0.4, 0.5) is 5.69 Å². The van der Waals surface area contributed by atoms with Gasteiger partial charge in [-0.25, -0.2) is 8.42 Å². The number of carbonyl (C=O) groups is 1. The third-order valence-corrected chi connectivity index (χ3v) is 6.46. The highest BCUT2D eigenvalue weighted by molar-refractivity contribution is 7.92. The molecule has 4 rings (SSSR count). The molecule has 3 heterocycles. The van der Waals surface area contributed by atoms with Gasteiger partial charge < -0.3 is 9.42 Å². The first-order chi connectivity index (χ1) is 14.9. The highest BCUT2D eigenvalue weighted by Gasteiger charge is 2.23. The van der Waals surface area contributed by atoms with Crippen LogP contribution < -0.4 is 4.72 Å². The summed E-state index contributed by atoms with van der Waals surface area (Å²) in [5.41, 5.74) is 1.74. The number of piperazine rings is 1. The van der Waals surface area contributed by atoms with E-state index in [9.17, 15) is 13.2 Å². The van der Waals surface area contributed by atoms with Crippen LogP contribution in [0.1, 0.15) is 21.8 Å². The minimum Gasteiger partial charge on any atom is -0.360 e. The molecule has 3 aromatic rings. The number of hydrogen-bond donors (Lipinski definition) is 1. The van der Waals surface area contributed by atoms with Crippen molar-refractivity contribution in [3.63, 3.8) is 0 Å². The predicted molar refractivity (Wildman–Crippen MR) is 114 cm³/mol. The molecule has 1 saturated heterocycles. The van der Waals surface area contributed by atoms with Gasteiger partial charge in [0.2, 0.25) is 0 Å². The van der Waals surface area contributed by atoms with E-state index in [1.54, 1.807) is 29.2 Å². The van der Waals surface area contributed by atoms with Gasteiger partial charge >= 0.3 is 0 Å². The molecule has 1 aliphatic rings. The number of aromatic nitrogens is 2. The first-order valence-corrected chi connectivity index (χ1v) is 11.4. The maximum absolute atomic E-state index is 12.8. The van der Waals surface area contributed by atoms with E-state index in [1.165, 1.54) is 24.5 Å². The zero-order valence-electron chi connectivity index (χ0n) is 17.1. The first-order valence-electron chi connectivity index (χ1n) is 9.87. The van der Waals surface area contributed by atoms with Crippen molar-refractivity contribution >= 4 is 21.6 Å². The fourth-order valence-corrected chi connectivity index (χ4v) is 4.47. The molecule has 0 saturated carbocycles. The van der Waals surface area contributed by atoms with Gasteiger partial charge in [0, 0.05) is 50.2 Å². The van der Waals surface area contributed by atoms with E-state index in [2.05, 4.69) is 19.8 Å². The monoisotopic (exact) mass is 441 g/mol. The molecule has 1 N–H and O–H groups in total. The summed E-state index contributed by atoms with van der Waals surface area (Å²) in [4.78, 5) is 20.8. The van der Waals surface area contributed by atoms with Crippen molar-refractivity contribution in [2.75, 3.05) is 30.9 Å². The van der Waals surface area contributed by atoms with Crippen LogP contribution in [0, 0.1) is 6.92 Å². The summed E-state index contributed by atoms with van der Waals surface area (Å²) >= 11 is 0. The van der Waals surface area contributed by atoms with Crippen LogP contribution in [-0.2, 0) is 16.6 Å². The topological polar surface area (TPSA) is 109 Å². The van der Waals surface area contributed by atoms with E-state index >= 15 is 0 Å². The molecule has 9 nitrogen and oxygen atoms in total. The maximum atomic E-state index is 12.8. The van der Waals surface area contributed by atoms with E-state index in [4.69, 9.17) is 4.52 Å². The minimum absolute atomic E-state index is 0.0908. The second kappa shape index (κ2) is 8.86. The molecular weight excluding hydrogens is 418 g/mol. The number of pyridine rings is 1. The van der Waals surface area contributed by atoms with E-state index < -0.39 is 10.0 Å². The molecule has 0 spiro atoms. The molecule has 1 aromatic carbocycles. The normalized spacial score (nSPS) is 15.1. The van der Waals surface area contributed by atoms with Crippen LogP contribution in [0.25, 0.3) is 0 Å². The fourth-order valence-electron chi connectivity index (χ4n) is 3.41. The Hall–Kier alpha value is -3.24. The molecule has 0 bridgehead atoms. The molecule has 1 aliphatic heterocycles. The molecule has 1 amide bonds. The highest BCUT2D eigenvalue weighted by Crippen LogP contribution is 2.18. The Balaban J connectivity index is 1.35. The number of benzene rings is 1. The van der Waals surface area contributed by atoms with Crippen molar-refractivity contribution in [1.82, 2.24) is 19.9 Å². The summed E-state index contributed by atoms with van der Waals surface area (Å²) in [7, 11) is -3.74. The molecule has 0 radical (unpaired) electrons. The van der Waals surface area contributed by atoms with Gasteiger partial charge in [0.1, 0.15) is 0 Å². The van der Waals surface area contributed by atoms with E-state index in [1.807, 2.05) is 13.0 Å². The average Bonchev–Trinajstić information content (AvgIpc) is 3.19. The first kappa shape index (κ1) is 21.0. The third-order valence-electron chi connectivity index (χ3n) is 5.06. The van der Waals surface area contributed by atoms with E-state index in [-0.39, 0.29) is 10.8 Å². The maximum Gasteiger partial charge on any atom is 0.261 e. The molecule has 1 fully saturated rings. The Morgan fingerprint density at radius 1 is 1.06 bits per heavy atom. The molecule has 0 aliphatic carbocycles. The highest BCUT2D eigenvalue weighted by atomic mass is 32.2. The van der Waals surface area contributed by atoms with Crippen LogP contribution in [0.3, 0.4) is 0 Å². The van der Waals surface area contributed by atoms with Gasteiger partial charge in [-0.1, -0.05) is 5.16 Å². The number of rotatable bonds is 6.